The summed E-state index contributed by atoms with van der Waals surface area (Å²) in [6, 6.07) is 3.03. The average Bonchev–Trinajstić information content (AvgIpc) is 3.09. The van der Waals surface area contributed by atoms with Crippen LogP contribution in [0.1, 0.15) is 32.6 Å². The Morgan fingerprint density at radius 1 is 1.33 bits per heavy atom. The molecule has 4 unspecified atom stereocenters. The van der Waals surface area contributed by atoms with E-state index < -0.39 is 10.0 Å². The van der Waals surface area contributed by atoms with Crippen LogP contribution in [0.5, 0.6) is 0 Å². The first-order valence-electron chi connectivity index (χ1n) is 7.44. The number of fused-ring (bicyclic) bond motifs is 2. The normalized spacial score (nSPS) is 29.5. The van der Waals surface area contributed by atoms with Gasteiger partial charge in [0.05, 0.1) is 0 Å². The summed E-state index contributed by atoms with van der Waals surface area (Å²) in [6.07, 6.45) is 6.32. The summed E-state index contributed by atoms with van der Waals surface area (Å²) in [6.45, 7) is 1.98. The molecule has 2 fully saturated rings. The number of hydrogen-bond acceptors (Lipinski definition) is 5. The average molecular weight is 310 g/mol. The van der Waals surface area contributed by atoms with Gasteiger partial charge in [-0.3, -0.25) is 0 Å². The molecule has 4 N–H and O–H groups in total. The van der Waals surface area contributed by atoms with Crippen LogP contribution in [0.4, 0.5) is 5.82 Å². The molecule has 2 aliphatic rings. The summed E-state index contributed by atoms with van der Waals surface area (Å²) < 4.78 is 27.6. The maximum Gasteiger partial charge on any atom is 0.242 e. The van der Waals surface area contributed by atoms with Crippen molar-refractivity contribution in [1.82, 2.24) is 9.71 Å². The van der Waals surface area contributed by atoms with Crippen LogP contribution in [0.3, 0.4) is 0 Å². The first-order valence-corrected chi connectivity index (χ1v) is 8.93. The molecule has 0 radical (unpaired) electrons. The molecule has 6 nitrogen and oxygen atoms in total. The van der Waals surface area contributed by atoms with Gasteiger partial charge in [0.1, 0.15) is 10.7 Å². The van der Waals surface area contributed by atoms with Crippen LogP contribution in [0.2, 0.25) is 0 Å². The van der Waals surface area contributed by atoms with Crippen LogP contribution in [0.25, 0.3) is 0 Å². The number of nitrogens with zero attached hydrogens (tertiary/aromatic N) is 1. The number of rotatable bonds is 5. The first-order chi connectivity index (χ1) is 9.99. The lowest BCUT2D eigenvalue weighted by atomic mass is 9.84. The van der Waals surface area contributed by atoms with Crippen LogP contribution in [-0.2, 0) is 10.0 Å². The van der Waals surface area contributed by atoms with Crippen molar-refractivity contribution in [3.8, 4) is 0 Å². The molecule has 0 aromatic carbocycles. The lowest BCUT2D eigenvalue weighted by Crippen LogP contribution is -2.40. The topological polar surface area (TPSA) is 97.1 Å². The quantitative estimate of drug-likeness (QED) is 0.565. The monoisotopic (exact) mass is 310 g/mol. The van der Waals surface area contributed by atoms with Gasteiger partial charge in [0.2, 0.25) is 10.0 Å². The van der Waals surface area contributed by atoms with E-state index >= 15 is 0 Å². The van der Waals surface area contributed by atoms with Gasteiger partial charge in [-0.15, -0.1) is 0 Å². The third-order valence-corrected chi connectivity index (χ3v) is 6.51. The molecule has 3 rings (SSSR count). The van der Waals surface area contributed by atoms with E-state index in [9.17, 15) is 8.42 Å². The fraction of sp³-hybridized carbons (Fsp3) is 0.643. The number of nitrogens with two attached hydrogens (primary N) is 1. The van der Waals surface area contributed by atoms with E-state index in [1.165, 1.54) is 31.5 Å². The fourth-order valence-electron chi connectivity index (χ4n) is 3.93. The molecule has 4 atom stereocenters. The molecule has 7 heteroatoms. The van der Waals surface area contributed by atoms with Crippen LogP contribution in [-0.4, -0.2) is 19.4 Å². The highest BCUT2D eigenvalue weighted by molar-refractivity contribution is 7.89. The number of sulfonamides is 1. The molecule has 1 aromatic heterocycles. The maximum absolute atomic E-state index is 12.4. The number of nitrogen functional groups attached to an aromatic ring is 1. The van der Waals surface area contributed by atoms with Gasteiger partial charge < -0.3 is 5.43 Å². The molecular weight excluding hydrogens is 288 g/mol. The van der Waals surface area contributed by atoms with E-state index in [0.717, 1.165) is 12.3 Å². The van der Waals surface area contributed by atoms with Crippen molar-refractivity contribution in [2.45, 2.75) is 43.5 Å². The molecule has 116 valence electrons. The second-order valence-electron chi connectivity index (χ2n) is 6.27. The van der Waals surface area contributed by atoms with Crippen molar-refractivity contribution in [3.63, 3.8) is 0 Å². The largest absolute Gasteiger partial charge is 0.308 e. The lowest BCUT2D eigenvalue weighted by Gasteiger charge is -2.28. The molecule has 2 saturated carbocycles. The molecule has 0 aliphatic heterocycles. The zero-order chi connectivity index (χ0) is 15.0. The summed E-state index contributed by atoms with van der Waals surface area (Å²) in [7, 11) is -3.52. The Hall–Kier alpha value is -1.18. The number of aromatic nitrogens is 1. The SMILES string of the molecule is CC(NS(=O)(=O)c1ccc(NN)nc1)C1CC2CCC1C2. The third-order valence-electron chi connectivity index (χ3n) is 4.97. The van der Waals surface area contributed by atoms with Gasteiger partial charge in [0.15, 0.2) is 0 Å². The van der Waals surface area contributed by atoms with E-state index in [2.05, 4.69) is 15.1 Å². The van der Waals surface area contributed by atoms with Crippen molar-refractivity contribution in [2.24, 2.45) is 23.6 Å². The highest BCUT2D eigenvalue weighted by Crippen LogP contribution is 2.49. The number of hydrazine groups is 1. The van der Waals surface area contributed by atoms with Gasteiger partial charge in [0.25, 0.3) is 0 Å². The van der Waals surface area contributed by atoms with E-state index in [1.54, 1.807) is 6.07 Å². The maximum atomic E-state index is 12.4. The van der Waals surface area contributed by atoms with Crippen LogP contribution in [0, 0.1) is 17.8 Å². The van der Waals surface area contributed by atoms with Gasteiger partial charge in [-0.2, -0.15) is 0 Å². The predicted octanol–water partition coefficient (Wildman–Crippen LogP) is 1.47. The molecule has 1 heterocycles. The molecule has 1 aromatic rings. The second-order valence-corrected chi connectivity index (χ2v) is 7.99. The number of nitrogens with one attached hydrogen (secondary N) is 2. The Balaban J connectivity index is 1.70. The number of anilines is 1. The van der Waals surface area contributed by atoms with Crippen molar-refractivity contribution in [3.05, 3.63) is 18.3 Å². The predicted molar refractivity (Wildman–Crippen MR) is 80.8 cm³/mol. The Morgan fingerprint density at radius 2 is 2.14 bits per heavy atom. The first kappa shape index (κ1) is 14.7. The lowest BCUT2D eigenvalue weighted by molar-refractivity contribution is 0.280. The van der Waals surface area contributed by atoms with E-state index in [0.29, 0.717) is 17.7 Å². The Kier molecular flexibility index (Phi) is 3.90. The van der Waals surface area contributed by atoms with Gasteiger partial charge in [0, 0.05) is 12.2 Å². The summed E-state index contributed by atoms with van der Waals surface area (Å²) in [4.78, 5) is 4.13. The van der Waals surface area contributed by atoms with Crippen LogP contribution in [0.15, 0.2) is 23.2 Å². The van der Waals surface area contributed by atoms with Gasteiger partial charge >= 0.3 is 0 Å². The summed E-state index contributed by atoms with van der Waals surface area (Å²) in [5.41, 5.74) is 2.38. The molecule has 0 spiro atoms. The van der Waals surface area contributed by atoms with Crippen molar-refractivity contribution < 1.29 is 8.42 Å². The zero-order valence-electron chi connectivity index (χ0n) is 12.1. The van der Waals surface area contributed by atoms with Crippen molar-refractivity contribution in [2.75, 3.05) is 5.43 Å². The van der Waals surface area contributed by atoms with E-state index in [-0.39, 0.29) is 10.9 Å². The van der Waals surface area contributed by atoms with Crippen molar-refractivity contribution in [1.29, 1.82) is 0 Å². The number of pyridine rings is 1. The molecule has 21 heavy (non-hydrogen) atoms. The number of hydrogen-bond donors (Lipinski definition) is 3. The Labute approximate surface area is 125 Å². The standard InChI is InChI=1S/C14H22N4O2S/c1-9(13-7-10-2-3-11(13)6-10)18-21(19,20)12-4-5-14(17-15)16-8-12/h4-5,8-11,13,18H,2-3,6-7,15H2,1H3,(H,16,17). The Bertz CT molecular complexity index is 602. The minimum Gasteiger partial charge on any atom is -0.308 e. The zero-order valence-corrected chi connectivity index (χ0v) is 12.9. The third kappa shape index (κ3) is 2.90. The molecule has 0 amide bonds. The highest BCUT2D eigenvalue weighted by atomic mass is 32.2. The summed E-state index contributed by atoms with van der Waals surface area (Å²) in [5.74, 6) is 7.64. The van der Waals surface area contributed by atoms with Crippen LogP contribution >= 0.6 is 0 Å². The molecule has 2 bridgehead atoms. The minimum absolute atomic E-state index is 0.0300. The smallest absolute Gasteiger partial charge is 0.242 e. The molecule has 2 aliphatic carbocycles. The Morgan fingerprint density at radius 3 is 2.67 bits per heavy atom. The molecule has 0 saturated heterocycles. The van der Waals surface area contributed by atoms with Gasteiger partial charge in [-0.05, 0) is 56.1 Å². The second kappa shape index (κ2) is 5.55. The van der Waals surface area contributed by atoms with E-state index in [4.69, 9.17) is 5.84 Å². The van der Waals surface area contributed by atoms with Gasteiger partial charge in [-0.25, -0.2) is 24.0 Å². The fourth-order valence-corrected chi connectivity index (χ4v) is 5.17. The van der Waals surface area contributed by atoms with Gasteiger partial charge in [-0.1, -0.05) is 6.42 Å². The summed E-state index contributed by atoms with van der Waals surface area (Å²) >= 11 is 0. The highest BCUT2D eigenvalue weighted by Gasteiger charge is 2.42. The molecular formula is C14H22N4O2S. The van der Waals surface area contributed by atoms with E-state index in [1.807, 2.05) is 6.92 Å². The summed E-state index contributed by atoms with van der Waals surface area (Å²) in [5, 5.41) is 0. The van der Waals surface area contributed by atoms with Crippen molar-refractivity contribution >= 4 is 15.8 Å². The van der Waals surface area contributed by atoms with Crippen LogP contribution < -0.4 is 16.0 Å². The minimum atomic E-state index is -3.52.